The topological polar surface area (TPSA) is 26.3 Å². The van der Waals surface area contributed by atoms with Crippen molar-refractivity contribution in [1.82, 2.24) is 0 Å². The van der Waals surface area contributed by atoms with Gasteiger partial charge in [0.1, 0.15) is 11.5 Å². The first kappa shape index (κ1) is 14.5. The maximum absolute atomic E-state index is 11.8. The van der Waals surface area contributed by atoms with Crippen LogP contribution in [0.1, 0.15) is 19.4 Å². The molecule has 0 bridgehead atoms. The van der Waals surface area contributed by atoms with Crippen molar-refractivity contribution in [2.24, 2.45) is 5.92 Å². The van der Waals surface area contributed by atoms with Crippen molar-refractivity contribution in [1.29, 1.82) is 0 Å². The van der Waals surface area contributed by atoms with Gasteiger partial charge < -0.3 is 4.74 Å². The number of hydrogen-bond acceptors (Lipinski definition) is 2. The van der Waals surface area contributed by atoms with Crippen molar-refractivity contribution in [3.63, 3.8) is 0 Å². The van der Waals surface area contributed by atoms with Crippen molar-refractivity contribution in [2.75, 3.05) is 7.11 Å². The van der Waals surface area contributed by atoms with Crippen LogP contribution in [0.2, 0.25) is 5.02 Å². The molecule has 1 aromatic rings. The minimum atomic E-state index is -0.159. The van der Waals surface area contributed by atoms with Crippen molar-refractivity contribution in [3.8, 4) is 5.75 Å². The maximum atomic E-state index is 11.8. The third-order valence-electron chi connectivity index (χ3n) is 2.51. The summed E-state index contributed by atoms with van der Waals surface area (Å²) >= 11 is 9.36. The smallest absolute Gasteiger partial charge is 0.149 e. The lowest BCUT2D eigenvalue weighted by molar-refractivity contribution is -0.121. The molecule has 17 heavy (non-hydrogen) atoms. The molecule has 2 nitrogen and oxygen atoms in total. The molecule has 1 atom stereocenters. The lowest BCUT2D eigenvalue weighted by Gasteiger charge is -2.12. The van der Waals surface area contributed by atoms with Gasteiger partial charge in [-0.3, -0.25) is 4.79 Å². The van der Waals surface area contributed by atoms with Crippen molar-refractivity contribution < 1.29 is 9.53 Å². The average Bonchev–Trinajstić information content (AvgIpc) is 2.30. The first-order valence-electron chi connectivity index (χ1n) is 5.46. The quantitative estimate of drug-likeness (QED) is 0.770. The van der Waals surface area contributed by atoms with E-state index >= 15 is 0 Å². The standard InChI is InChI=1S/C13H16BrClO2/c1-8(2)13(16)10(14)6-9-4-5-11(15)12(7-9)17-3/h4-5,7-8,10H,6H2,1-3H3. The lowest BCUT2D eigenvalue weighted by Crippen LogP contribution is -2.21. The number of alkyl halides is 1. The van der Waals surface area contributed by atoms with Gasteiger partial charge in [-0.2, -0.15) is 0 Å². The zero-order chi connectivity index (χ0) is 13.0. The zero-order valence-corrected chi connectivity index (χ0v) is 12.5. The molecule has 94 valence electrons. The third kappa shape index (κ3) is 4.00. The molecule has 1 unspecified atom stereocenters. The number of Topliss-reactive ketones (excluding diaryl/α,β-unsaturated/α-hetero) is 1. The van der Waals surface area contributed by atoms with Crippen LogP contribution in [0.4, 0.5) is 0 Å². The zero-order valence-electron chi connectivity index (χ0n) is 10.2. The maximum Gasteiger partial charge on any atom is 0.149 e. The number of benzene rings is 1. The molecule has 1 aromatic carbocycles. The molecule has 0 spiro atoms. The van der Waals surface area contributed by atoms with Crippen LogP contribution >= 0.6 is 27.5 Å². The fraction of sp³-hybridized carbons (Fsp3) is 0.462. The molecular weight excluding hydrogens is 303 g/mol. The van der Waals surface area contributed by atoms with E-state index in [2.05, 4.69) is 15.9 Å². The summed E-state index contributed by atoms with van der Waals surface area (Å²) in [4.78, 5) is 11.6. The van der Waals surface area contributed by atoms with Crippen molar-refractivity contribution >= 4 is 33.3 Å². The van der Waals surface area contributed by atoms with Gasteiger partial charge in [0, 0.05) is 5.92 Å². The summed E-state index contributed by atoms with van der Waals surface area (Å²) in [5, 5.41) is 0.581. The van der Waals surface area contributed by atoms with E-state index in [0.717, 1.165) is 5.56 Å². The molecule has 0 radical (unpaired) electrons. The molecule has 1 rings (SSSR count). The minimum Gasteiger partial charge on any atom is -0.495 e. The van der Waals surface area contributed by atoms with E-state index in [9.17, 15) is 4.79 Å². The summed E-state index contributed by atoms with van der Waals surface area (Å²) in [5.74, 6) is 0.883. The summed E-state index contributed by atoms with van der Waals surface area (Å²) in [6, 6.07) is 5.56. The Bertz CT molecular complexity index is 404. The predicted octanol–water partition coefficient (Wildman–Crippen LogP) is 3.88. The second-order valence-electron chi connectivity index (χ2n) is 4.20. The summed E-state index contributed by atoms with van der Waals surface area (Å²) in [5.41, 5.74) is 1.03. The highest BCUT2D eigenvalue weighted by Gasteiger charge is 2.18. The highest BCUT2D eigenvalue weighted by Crippen LogP contribution is 2.26. The van der Waals surface area contributed by atoms with Crippen molar-refractivity contribution in [3.05, 3.63) is 28.8 Å². The van der Waals surface area contributed by atoms with Gasteiger partial charge in [0.15, 0.2) is 0 Å². The largest absolute Gasteiger partial charge is 0.495 e. The molecule has 0 saturated carbocycles. The summed E-state index contributed by atoms with van der Waals surface area (Å²) in [7, 11) is 1.58. The van der Waals surface area contributed by atoms with E-state index < -0.39 is 0 Å². The van der Waals surface area contributed by atoms with E-state index in [1.807, 2.05) is 26.0 Å². The molecule has 0 aliphatic carbocycles. The molecule has 0 saturated heterocycles. The second kappa shape index (κ2) is 6.41. The number of carbonyl (C=O) groups is 1. The fourth-order valence-corrected chi connectivity index (χ4v) is 2.60. The van der Waals surface area contributed by atoms with E-state index in [-0.39, 0.29) is 16.5 Å². The van der Waals surface area contributed by atoms with Gasteiger partial charge in [0.05, 0.1) is 17.0 Å². The van der Waals surface area contributed by atoms with Gasteiger partial charge in [-0.25, -0.2) is 0 Å². The molecule has 0 aliphatic rings. The number of ether oxygens (including phenoxy) is 1. The Balaban J connectivity index is 2.78. The Labute approximate surface area is 115 Å². The second-order valence-corrected chi connectivity index (χ2v) is 5.71. The molecule has 0 aliphatic heterocycles. The monoisotopic (exact) mass is 318 g/mol. The minimum absolute atomic E-state index is 0.0357. The molecular formula is C13H16BrClO2. The van der Waals surface area contributed by atoms with Crippen LogP contribution in [-0.4, -0.2) is 17.7 Å². The predicted molar refractivity (Wildman–Crippen MR) is 74.3 cm³/mol. The Morgan fingerprint density at radius 2 is 2.12 bits per heavy atom. The Morgan fingerprint density at radius 3 is 2.65 bits per heavy atom. The van der Waals surface area contributed by atoms with Crippen LogP contribution in [-0.2, 0) is 11.2 Å². The van der Waals surface area contributed by atoms with Crippen LogP contribution in [0.25, 0.3) is 0 Å². The summed E-state index contributed by atoms with van der Waals surface area (Å²) < 4.78 is 5.14. The molecule has 0 amide bonds. The Kier molecular flexibility index (Phi) is 5.47. The van der Waals surface area contributed by atoms with Crippen LogP contribution in [0.3, 0.4) is 0 Å². The first-order chi connectivity index (χ1) is 7.95. The number of hydrogen-bond donors (Lipinski definition) is 0. The Morgan fingerprint density at radius 1 is 1.47 bits per heavy atom. The van der Waals surface area contributed by atoms with Crippen molar-refractivity contribution in [2.45, 2.75) is 25.1 Å². The Hall–Kier alpha value is -0.540. The van der Waals surface area contributed by atoms with Gasteiger partial charge in [-0.15, -0.1) is 0 Å². The normalized spacial score (nSPS) is 12.6. The van der Waals surface area contributed by atoms with E-state index in [1.165, 1.54) is 0 Å². The fourth-order valence-electron chi connectivity index (χ4n) is 1.50. The highest BCUT2D eigenvalue weighted by molar-refractivity contribution is 9.10. The van der Waals surface area contributed by atoms with Gasteiger partial charge in [-0.05, 0) is 24.1 Å². The van der Waals surface area contributed by atoms with Gasteiger partial charge in [0.25, 0.3) is 0 Å². The number of ketones is 1. The molecule has 4 heteroatoms. The number of methoxy groups -OCH3 is 1. The molecule has 0 heterocycles. The third-order valence-corrected chi connectivity index (χ3v) is 3.60. The van der Waals surface area contributed by atoms with Crippen LogP contribution in [0, 0.1) is 5.92 Å². The van der Waals surface area contributed by atoms with Crippen LogP contribution < -0.4 is 4.74 Å². The van der Waals surface area contributed by atoms with Crippen LogP contribution in [0.5, 0.6) is 5.75 Å². The van der Waals surface area contributed by atoms with Gasteiger partial charge >= 0.3 is 0 Å². The molecule has 0 fully saturated rings. The first-order valence-corrected chi connectivity index (χ1v) is 6.75. The van der Waals surface area contributed by atoms with E-state index in [0.29, 0.717) is 17.2 Å². The molecule has 0 N–H and O–H groups in total. The molecule has 0 aromatic heterocycles. The highest BCUT2D eigenvalue weighted by atomic mass is 79.9. The SMILES string of the molecule is COc1cc(CC(Br)C(=O)C(C)C)ccc1Cl. The lowest BCUT2D eigenvalue weighted by atomic mass is 10.0. The number of halogens is 2. The van der Waals surface area contributed by atoms with Crippen LogP contribution in [0.15, 0.2) is 18.2 Å². The number of carbonyl (C=O) groups excluding carboxylic acids is 1. The van der Waals surface area contributed by atoms with E-state index in [1.54, 1.807) is 13.2 Å². The van der Waals surface area contributed by atoms with Gasteiger partial charge in [0.2, 0.25) is 0 Å². The summed E-state index contributed by atoms with van der Waals surface area (Å²) in [6.45, 7) is 3.80. The summed E-state index contributed by atoms with van der Waals surface area (Å²) in [6.07, 6.45) is 0.643. The van der Waals surface area contributed by atoms with E-state index in [4.69, 9.17) is 16.3 Å². The number of rotatable bonds is 5. The van der Waals surface area contributed by atoms with Gasteiger partial charge in [-0.1, -0.05) is 47.4 Å². The average molecular weight is 320 g/mol.